The number of carbonyl (C=O) groups is 5. The first-order valence-electron chi connectivity index (χ1n) is 20.2. The number of amides is 4. The van der Waals surface area contributed by atoms with E-state index < -0.39 is 0 Å². The normalized spacial score (nSPS) is 13.3. The van der Waals surface area contributed by atoms with Gasteiger partial charge in [-0.3, -0.25) is 39.4 Å². The molecule has 0 saturated carbocycles. The van der Waals surface area contributed by atoms with Crippen molar-refractivity contribution in [1.29, 1.82) is 0 Å². The van der Waals surface area contributed by atoms with Gasteiger partial charge in [-0.05, 0) is 84.9 Å². The molecule has 10 N–H and O–H groups in total. The smallest absolute Gasteiger partial charge is 0.268 e. The third-order valence-corrected chi connectivity index (χ3v) is 10.0. The predicted molar refractivity (Wildman–Crippen MR) is 252 cm³/mol. The van der Waals surface area contributed by atoms with Crippen molar-refractivity contribution in [3.8, 4) is 0 Å². The molecule has 19 heteroatoms. The molecule has 0 fully saturated rings. The monoisotopic (exact) mass is 884 g/mol. The lowest BCUT2D eigenvalue weighted by Crippen LogP contribution is -2.23. The Hall–Kier alpha value is -9.10. The number of benzene rings is 2. The number of aromatic nitrogens is 6. The molecule has 0 radical (unpaired) electrons. The van der Waals surface area contributed by atoms with Crippen LogP contribution in [0.15, 0.2) is 139 Å². The molecular formula is C47H44N14O5. The standard InChI is InChI=1S/C23H19N7O2.C18H14N4O3.C5H7N3.CH4/c31-22(27-15-4-3-9-24-13-15)14-6-7-17-16(12-14)20-18(8-11-26-23(32)21(20)28-17)29-30-19-5-1-2-10-25-19;23-14-5-7-20-18(25)16-15(14)12-8-10(3-4-13(12)22-16)17(24)21-11-2-1-6-19-9-11;6-8-5-3-1-2-4-7-5;/h1-7,9-10,12-13,28H,8,11H2,(H,25,30)(H,26,32)(H,27,31);1-4,6,8-9,22H,5,7H2,(H,20,25)(H,21,24);1-4H,6H2,(H,7,8);1H4. The second kappa shape index (κ2) is 20.8. The first kappa shape index (κ1) is 44.9. The fraction of sp³-hybridized carbons (Fsp3) is 0.106. The summed E-state index contributed by atoms with van der Waals surface area (Å²) in [7, 11) is 0. The van der Waals surface area contributed by atoms with Gasteiger partial charge in [0.25, 0.3) is 23.6 Å². The molecule has 0 unspecified atom stereocenters. The van der Waals surface area contributed by atoms with Gasteiger partial charge in [0.2, 0.25) is 0 Å². The molecule has 0 atom stereocenters. The van der Waals surface area contributed by atoms with Gasteiger partial charge in [0, 0.05) is 89.2 Å². The van der Waals surface area contributed by atoms with Crippen LogP contribution in [-0.4, -0.2) is 78.1 Å². The average Bonchev–Trinajstić information content (AvgIpc) is 3.84. The second-order valence-electron chi connectivity index (χ2n) is 14.3. The highest BCUT2D eigenvalue weighted by Gasteiger charge is 2.27. The zero-order valence-electron chi connectivity index (χ0n) is 34.4. The molecule has 8 heterocycles. The maximum absolute atomic E-state index is 12.8. The molecule has 0 spiro atoms. The largest absolute Gasteiger partial charge is 0.350 e. The number of hydrazone groups is 1. The maximum atomic E-state index is 12.8. The number of hydrogen-bond donors (Lipinski definition) is 9. The van der Waals surface area contributed by atoms with Crippen LogP contribution in [0.1, 0.15) is 77.9 Å². The molecule has 2 aromatic carbocycles. The summed E-state index contributed by atoms with van der Waals surface area (Å²) in [5.41, 5.74) is 11.2. The fourth-order valence-corrected chi connectivity index (χ4v) is 7.00. The van der Waals surface area contributed by atoms with Gasteiger partial charge in [-0.2, -0.15) is 5.10 Å². The van der Waals surface area contributed by atoms with Crippen LogP contribution >= 0.6 is 0 Å². The number of anilines is 4. The molecule has 4 amide bonds. The fourth-order valence-electron chi connectivity index (χ4n) is 7.00. The highest BCUT2D eigenvalue weighted by molar-refractivity contribution is 6.21. The van der Waals surface area contributed by atoms with Gasteiger partial charge in [-0.15, -0.1) is 0 Å². The van der Waals surface area contributed by atoms with Crippen LogP contribution in [0.4, 0.5) is 23.0 Å². The molecule has 2 aliphatic rings. The zero-order valence-corrected chi connectivity index (χ0v) is 34.4. The van der Waals surface area contributed by atoms with Crippen molar-refractivity contribution in [2.24, 2.45) is 10.9 Å². The Balaban J connectivity index is 0.000000169. The van der Waals surface area contributed by atoms with E-state index in [2.05, 4.69) is 67.1 Å². The topological polar surface area (TPSA) is 279 Å². The quantitative estimate of drug-likeness (QED) is 0.0631. The van der Waals surface area contributed by atoms with E-state index in [-0.39, 0.29) is 49.0 Å². The van der Waals surface area contributed by atoms with Crippen LogP contribution in [-0.2, 0) is 0 Å². The van der Waals surface area contributed by atoms with Gasteiger partial charge >= 0.3 is 0 Å². The number of Topliss-reactive ketones (excluding diaryl/α,β-unsaturated/α-hetero) is 1. The van der Waals surface area contributed by atoms with E-state index in [0.29, 0.717) is 87.1 Å². The van der Waals surface area contributed by atoms with Crippen molar-refractivity contribution in [3.63, 3.8) is 0 Å². The SMILES string of the molecule is C.NNc1ccccn1.O=C(Nc1cccnc1)c1ccc2[nH]c3c(c2c1)C(=NNc1ccccn1)CCNC3=O.O=C(Nc1cccnc1)c1ccc2[nH]c3c(c2c1)C(=O)CCNC3=O. The molecule has 332 valence electrons. The van der Waals surface area contributed by atoms with Crippen LogP contribution in [0.25, 0.3) is 21.8 Å². The van der Waals surface area contributed by atoms with Gasteiger partial charge < -0.3 is 36.7 Å². The van der Waals surface area contributed by atoms with E-state index in [9.17, 15) is 24.0 Å². The third kappa shape index (κ3) is 10.4. The Morgan fingerprint density at radius 2 is 1.14 bits per heavy atom. The lowest BCUT2D eigenvalue weighted by molar-refractivity contribution is 0.0943. The summed E-state index contributed by atoms with van der Waals surface area (Å²) in [5.74, 6) is 5.11. The highest BCUT2D eigenvalue weighted by Crippen LogP contribution is 2.29. The minimum Gasteiger partial charge on any atom is -0.350 e. The number of H-pyrrole nitrogens is 2. The number of hydrazine groups is 1. The summed E-state index contributed by atoms with van der Waals surface area (Å²) in [6, 6.07) is 28.2. The number of pyridine rings is 4. The summed E-state index contributed by atoms with van der Waals surface area (Å²) in [5, 5.41) is 17.0. The number of nitrogen functional groups attached to an aromatic ring is 1. The van der Waals surface area contributed by atoms with Crippen molar-refractivity contribution in [3.05, 3.63) is 168 Å². The summed E-state index contributed by atoms with van der Waals surface area (Å²) < 4.78 is 0. The number of ketones is 1. The average molecular weight is 885 g/mol. The van der Waals surface area contributed by atoms with Gasteiger partial charge in [0.05, 0.1) is 35.0 Å². The number of aromatic amines is 2. The molecule has 6 aromatic heterocycles. The van der Waals surface area contributed by atoms with Crippen molar-refractivity contribution in [1.82, 2.24) is 40.5 Å². The Morgan fingerprint density at radius 3 is 1.64 bits per heavy atom. The third-order valence-electron chi connectivity index (χ3n) is 10.0. The summed E-state index contributed by atoms with van der Waals surface area (Å²) in [6.45, 7) is 0.760. The number of fused-ring (bicyclic) bond motifs is 6. The maximum Gasteiger partial charge on any atom is 0.268 e. The van der Waals surface area contributed by atoms with Crippen molar-refractivity contribution in [2.45, 2.75) is 20.3 Å². The van der Waals surface area contributed by atoms with E-state index in [1.165, 1.54) is 0 Å². The first-order valence-corrected chi connectivity index (χ1v) is 20.2. The Kier molecular flexibility index (Phi) is 14.2. The van der Waals surface area contributed by atoms with Gasteiger partial charge in [0.1, 0.15) is 23.0 Å². The first-order chi connectivity index (χ1) is 31.7. The molecule has 0 saturated heterocycles. The number of hydrogen-bond acceptors (Lipinski definition) is 13. The second-order valence-corrected chi connectivity index (χ2v) is 14.3. The number of nitrogens with two attached hydrogens (primary N) is 1. The van der Waals surface area contributed by atoms with Gasteiger partial charge in [-0.1, -0.05) is 19.6 Å². The van der Waals surface area contributed by atoms with Gasteiger partial charge in [-0.25, -0.2) is 15.8 Å². The van der Waals surface area contributed by atoms with Crippen LogP contribution in [0.2, 0.25) is 0 Å². The van der Waals surface area contributed by atoms with E-state index >= 15 is 0 Å². The van der Waals surface area contributed by atoms with E-state index in [1.54, 1.807) is 110 Å². The predicted octanol–water partition coefficient (Wildman–Crippen LogP) is 6.29. The molecule has 10 rings (SSSR count). The molecule has 19 nitrogen and oxygen atoms in total. The Morgan fingerprint density at radius 1 is 0.606 bits per heavy atom. The minimum absolute atomic E-state index is 0. The highest BCUT2D eigenvalue weighted by atomic mass is 16.2. The van der Waals surface area contributed by atoms with E-state index in [0.717, 1.165) is 10.9 Å². The summed E-state index contributed by atoms with van der Waals surface area (Å²) in [4.78, 5) is 84.5. The van der Waals surface area contributed by atoms with Gasteiger partial charge in [0.15, 0.2) is 5.78 Å². The summed E-state index contributed by atoms with van der Waals surface area (Å²) >= 11 is 0. The van der Waals surface area contributed by atoms with Crippen LogP contribution in [0, 0.1) is 0 Å². The zero-order chi connectivity index (χ0) is 45.1. The van der Waals surface area contributed by atoms with Crippen molar-refractivity contribution in [2.75, 3.05) is 34.6 Å². The molecular weight excluding hydrogens is 841 g/mol. The molecule has 8 aromatic rings. The lowest BCUT2D eigenvalue weighted by Gasteiger charge is -2.07. The van der Waals surface area contributed by atoms with E-state index in [1.807, 2.05) is 24.3 Å². The number of rotatable bonds is 7. The van der Waals surface area contributed by atoms with Crippen LogP contribution in [0.5, 0.6) is 0 Å². The lowest BCUT2D eigenvalue weighted by atomic mass is 10.0. The Bertz CT molecular complexity index is 3050. The van der Waals surface area contributed by atoms with Crippen LogP contribution in [0.3, 0.4) is 0 Å². The number of carbonyl (C=O) groups excluding carboxylic acids is 5. The van der Waals surface area contributed by atoms with Crippen LogP contribution < -0.4 is 38.0 Å². The van der Waals surface area contributed by atoms with E-state index in [4.69, 9.17) is 5.84 Å². The Labute approximate surface area is 377 Å². The molecule has 0 aliphatic carbocycles. The van der Waals surface area contributed by atoms with Crippen molar-refractivity contribution >= 4 is 79.9 Å². The van der Waals surface area contributed by atoms with Crippen molar-refractivity contribution < 1.29 is 24.0 Å². The molecule has 2 aliphatic heterocycles. The molecule has 0 bridgehead atoms. The summed E-state index contributed by atoms with van der Waals surface area (Å²) in [6.07, 6.45) is 10.5. The molecule has 66 heavy (non-hydrogen) atoms. The number of nitrogens with zero attached hydrogens (tertiary/aromatic N) is 5. The number of nitrogens with one attached hydrogen (secondary N) is 8. The minimum atomic E-state index is -0.310.